The molecule has 0 spiro atoms. The Labute approximate surface area is 163 Å². The maximum atomic E-state index is 11.8. The zero-order valence-electron chi connectivity index (χ0n) is 13.3. The summed E-state index contributed by atoms with van der Waals surface area (Å²) in [5, 5.41) is 6.63. The molecule has 0 aliphatic carbocycles. The van der Waals surface area contributed by atoms with Crippen molar-refractivity contribution in [1.82, 2.24) is 5.43 Å². The summed E-state index contributed by atoms with van der Waals surface area (Å²) in [4.78, 5) is 11.8. The topological polar surface area (TPSA) is 62.7 Å². The first kappa shape index (κ1) is 19.0. The number of nitrogens with one attached hydrogen (secondary N) is 2. The van der Waals surface area contributed by atoms with Crippen LogP contribution in [0.4, 0.5) is 10.5 Å². The van der Waals surface area contributed by atoms with Crippen LogP contribution in [0, 0.1) is 19.3 Å². The summed E-state index contributed by atoms with van der Waals surface area (Å²) in [6.07, 6.45) is 6.69. The van der Waals surface area contributed by atoms with Crippen LogP contribution >= 0.6 is 31.9 Å². The molecule has 0 unspecified atom stereocenters. The smallest absolute Gasteiger partial charge is 0.339 e. The van der Waals surface area contributed by atoms with E-state index in [9.17, 15) is 4.79 Å². The van der Waals surface area contributed by atoms with E-state index in [1.54, 1.807) is 18.2 Å². The van der Waals surface area contributed by atoms with Crippen LogP contribution in [0.15, 0.2) is 50.4 Å². The summed E-state index contributed by atoms with van der Waals surface area (Å²) in [6.45, 7) is 2.14. The van der Waals surface area contributed by atoms with E-state index in [1.807, 2.05) is 25.1 Å². The van der Waals surface area contributed by atoms with Crippen molar-refractivity contribution in [2.24, 2.45) is 5.10 Å². The number of halogens is 2. The van der Waals surface area contributed by atoms with Crippen molar-refractivity contribution in [1.29, 1.82) is 0 Å². The number of ether oxygens (including phenoxy) is 1. The van der Waals surface area contributed by atoms with Gasteiger partial charge in [0.25, 0.3) is 0 Å². The van der Waals surface area contributed by atoms with Crippen LogP contribution < -0.4 is 15.5 Å². The lowest BCUT2D eigenvalue weighted by Crippen LogP contribution is -2.24. The molecule has 5 nitrogen and oxygen atoms in total. The molecule has 0 fully saturated rings. The average Bonchev–Trinajstić information content (AvgIpc) is 2.57. The molecule has 2 rings (SSSR count). The molecular formula is C18H15Br2N3O2. The van der Waals surface area contributed by atoms with E-state index < -0.39 is 6.03 Å². The molecule has 0 atom stereocenters. The Hall–Kier alpha value is -2.30. The van der Waals surface area contributed by atoms with Gasteiger partial charge in [0.05, 0.1) is 10.7 Å². The number of terminal acetylenes is 1. The van der Waals surface area contributed by atoms with Gasteiger partial charge in [0, 0.05) is 10.2 Å². The Kier molecular flexibility index (Phi) is 7.04. The number of carbonyl (C=O) groups is 1. The van der Waals surface area contributed by atoms with Crippen molar-refractivity contribution in [2.75, 3.05) is 11.9 Å². The van der Waals surface area contributed by atoms with Crippen LogP contribution in [0.25, 0.3) is 0 Å². The number of aryl methyl sites for hydroxylation is 1. The lowest BCUT2D eigenvalue weighted by atomic mass is 10.2. The first-order chi connectivity index (χ1) is 12.0. The molecule has 128 valence electrons. The van der Waals surface area contributed by atoms with Crippen LogP contribution in [0.5, 0.6) is 5.75 Å². The first-order valence-electron chi connectivity index (χ1n) is 7.21. The molecule has 0 radical (unpaired) electrons. The third-order valence-corrected chi connectivity index (χ3v) is 4.57. The molecule has 0 aromatic heterocycles. The molecule has 0 heterocycles. The lowest BCUT2D eigenvalue weighted by Gasteiger charge is -2.07. The maximum Gasteiger partial charge on any atom is 0.339 e. The second kappa shape index (κ2) is 9.25. The van der Waals surface area contributed by atoms with Crippen molar-refractivity contribution >= 4 is 49.8 Å². The van der Waals surface area contributed by atoms with Gasteiger partial charge >= 0.3 is 6.03 Å². The Bertz CT molecular complexity index is 845. The normalized spacial score (nSPS) is 10.3. The van der Waals surface area contributed by atoms with Crippen molar-refractivity contribution in [3.63, 3.8) is 0 Å². The van der Waals surface area contributed by atoms with Gasteiger partial charge in [0.1, 0.15) is 12.4 Å². The van der Waals surface area contributed by atoms with E-state index in [4.69, 9.17) is 11.2 Å². The number of rotatable bonds is 5. The Morgan fingerprint density at radius 3 is 2.76 bits per heavy atom. The highest BCUT2D eigenvalue weighted by atomic mass is 79.9. The van der Waals surface area contributed by atoms with E-state index in [1.165, 1.54) is 6.21 Å². The van der Waals surface area contributed by atoms with E-state index >= 15 is 0 Å². The summed E-state index contributed by atoms with van der Waals surface area (Å²) in [6, 6.07) is 10.5. The highest BCUT2D eigenvalue weighted by Crippen LogP contribution is 2.25. The van der Waals surface area contributed by atoms with Gasteiger partial charge in [0.15, 0.2) is 0 Å². The molecule has 25 heavy (non-hydrogen) atoms. The maximum absolute atomic E-state index is 11.8. The zero-order chi connectivity index (χ0) is 18.2. The fraction of sp³-hybridized carbons (Fsp3) is 0.111. The number of hydrogen-bond acceptors (Lipinski definition) is 3. The zero-order valence-corrected chi connectivity index (χ0v) is 16.5. The fourth-order valence-electron chi connectivity index (χ4n) is 1.88. The molecule has 0 aliphatic heterocycles. The number of amides is 2. The van der Waals surface area contributed by atoms with E-state index in [0.29, 0.717) is 11.4 Å². The lowest BCUT2D eigenvalue weighted by molar-refractivity contribution is 0.252. The van der Waals surface area contributed by atoms with Gasteiger partial charge in [-0.3, -0.25) is 0 Å². The highest BCUT2D eigenvalue weighted by molar-refractivity contribution is 9.10. The van der Waals surface area contributed by atoms with Gasteiger partial charge < -0.3 is 10.1 Å². The monoisotopic (exact) mass is 463 g/mol. The first-order valence-corrected chi connectivity index (χ1v) is 8.80. The van der Waals surface area contributed by atoms with Gasteiger partial charge in [-0.15, -0.1) is 6.42 Å². The summed E-state index contributed by atoms with van der Waals surface area (Å²) in [7, 11) is 0. The number of anilines is 1. The molecule has 2 N–H and O–H groups in total. The average molecular weight is 465 g/mol. The minimum atomic E-state index is -0.425. The predicted molar refractivity (Wildman–Crippen MR) is 107 cm³/mol. The summed E-state index contributed by atoms with van der Waals surface area (Å²) in [5.74, 6) is 3.05. The van der Waals surface area contributed by atoms with Crippen molar-refractivity contribution in [3.05, 3.63) is 56.5 Å². The van der Waals surface area contributed by atoms with Crippen LogP contribution in [0.3, 0.4) is 0 Å². The van der Waals surface area contributed by atoms with Gasteiger partial charge in [-0.25, -0.2) is 10.2 Å². The largest absolute Gasteiger partial charge is 0.480 e. The van der Waals surface area contributed by atoms with Crippen molar-refractivity contribution in [3.8, 4) is 18.1 Å². The van der Waals surface area contributed by atoms with Crippen LogP contribution in [-0.2, 0) is 0 Å². The number of carbonyl (C=O) groups excluding carboxylic acids is 1. The molecule has 0 saturated carbocycles. The molecule has 0 bridgehead atoms. The number of hydrogen-bond donors (Lipinski definition) is 2. The van der Waals surface area contributed by atoms with E-state index in [-0.39, 0.29) is 6.61 Å². The van der Waals surface area contributed by atoms with Crippen LogP contribution in [0.2, 0.25) is 0 Å². The third-order valence-electron chi connectivity index (χ3n) is 3.06. The van der Waals surface area contributed by atoms with Gasteiger partial charge in [-0.05, 0) is 70.4 Å². The summed E-state index contributed by atoms with van der Waals surface area (Å²) in [5.41, 5.74) is 4.92. The molecule has 2 amide bonds. The SMILES string of the molecule is C#CCOc1ccc(/C=N/NC(=O)Nc2ccc(Br)c(C)c2)cc1Br. The fourth-order valence-corrected chi connectivity index (χ4v) is 2.64. The Morgan fingerprint density at radius 2 is 2.08 bits per heavy atom. The third kappa shape index (κ3) is 5.93. The predicted octanol–water partition coefficient (Wildman–Crippen LogP) is 4.69. The second-order valence-corrected chi connectivity index (χ2v) is 6.68. The van der Waals surface area contributed by atoms with E-state index in [0.717, 1.165) is 20.1 Å². The van der Waals surface area contributed by atoms with E-state index in [2.05, 4.69) is 53.6 Å². The van der Waals surface area contributed by atoms with Crippen LogP contribution in [0.1, 0.15) is 11.1 Å². The van der Waals surface area contributed by atoms with Crippen molar-refractivity contribution < 1.29 is 9.53 Å². The molecular weight excluding hydrogens is 450 g/mol. The molecule has 0 aliphatic rings. The van der Waals surface area contributed by atoms with Gasteiger partial charge in [0.2, 0.25) is 0 Å². The molecule has 7 heteroatoms. The summed E-state index contributed by atoms with van der Waals surface area (Å²) >= 11 is 6.81. The minimum Gasteiger partial charge on any atom is -0.480 e. The number of benzene rings is 2. The van der Waals surface area contributed by atoms with Gasteiger partial charge in [-0.2, -0.15) is 5.10 Å². The molecule has 0 saturated heterocycles. The Balaban J connectivity index is 1.91. The van der Waals surface area contributed by atoms with Crippen LogP contribution in [-0.4, -0.2) is 18.9 Å². The molecule has 2 aromatic rings. The standard InChI is InChI=1S/C18H15Br2N3O2/c1-3-8-25-17-7-4-13(10-16(17)20)11-21-23-18(24)22-14-5-6-15(19)12(2)9-14/h1,4-7,9-11H,8H2,2H3,(H2,22,23,24)/b21-11+. The number of urea groups is 1. The molecule has 2 aromatic carbocycles. The highest BCUT2D eigenvalue weighted by Gasteiger charge is 2.03. The summed E-state index contributed by atoms with van der Waals surface area (Å²) < 4.78 is 7.09. The van der Waals surface area contributed by atoms with Gasteiger partial charge in [-0.1, -0.05) is 21.9 Å². The quantitative estimate of drug-likeness (QED) is 0.383. The Morgan fingerprint density at radius 1 is 1.28 bits per heavy atom. The second-order valence-electron chi connectivity index (χ2n) is 4.97. The van der Waals surface area contributed by atoms with Crippen molar-refractivity contribution in [2.45, 2.75) is 6.92 Å². The minimum absolute atomic E-state index is 0.198. The number of hydrazone groups is 1. The number of nitrogens with zero attached hydrogens (tertiary/aromatic N) is 1.